The third-order valence-corrected chi connectivity index (χ3v) is 17.1. The van der Waals surface area contributed by atoms with E-state index in [4.69, 9.17) is 23.1 Å². The van der Waals surface area contributed by atoms with E-state index in [1.165, 1.54) is 43.3 Å². The standard InChI is InChI=1S/C63H76ClN9O12S2/c1-37(74)56-63(85)72-54(62(84)69-51(57(66)79)32-43-19-25-47(76)26-20-43)36-87-86-35-53(71-59(81)49(65)31-41-15-21-45(64)22-16-41)55(78)34-44(28-39-17-23-46(75)24-18-39)58(80)70-52(61(83)68-50(60(82)73-56)10-6-7-27-67-2)33-42-13-11-40(12-14-42)30-48(77)29-38-8-4-3-5-9-38/h3-5,8-9,11-26,37,44,49-54,56,67,74-76H,6-7,10,27-36,65H2,1-2H3,(H2,66,79)(H,68,83)(H,69,84)(H,70,80)(H,71,81)(H,72,85)(H,73,82)/t37-,44-,49+,50+,51?,52-,53-,54+,56+/m1/s1. The van der Waals surface area contributed by atoms with Crippen molar-refractivity contribution < 1.29 is 58.5 Å². The number of nitrogens with one attached hydrogen (secondary N) is 7. The van der Waals surface area contributed by atoms with Crippen LogP contribution in [0.25, 0.3) is 0 Å². The third-order valence-electron chi connectivity index (χ3n) is 14.5. The second-order valence-corrected chi connectivity index (χ2v) is 24.5. The van der Waals surface area contributed by atoms with Crippen LogP contribution in [0.5, 0.6) is 11.5 Å². The van der Waals surface area contributed by atoms with Gasteiger partial charge in [0.2, 0.25) is 41.4 Å². The molecule has 1 unspecified atom stereocenters. The van der Waals surface area contributed by atoms with Gasteiger partial charge in [-0.3, -0.25) is 43.2 Å². The fraction of sp³-hybridized carbons (Fsp3) is 0.381. The summed E-state index contributed by atoms with van der Waals surface area (Å²) in [7, 11) is 3.75. The van der Waals surface area contributed by atoms with Crippen LogP contribution < -0.4 is 48.7 Å². The topological polar surface area (TPSA) is 351 Å². The highest BCUT2D eigenvalue weighted by atomic mass is 35.5. The summed E-state index contributed by atoms with van der Waals surface area (Å²) in [6, 6.07) is 24.8. The molecule has 14 N–H and O–H groups in total. The number of benzene rings is 5. The number of phenols is 2. The first-order valence-electron chi connectivity index (χ1n) is 28.5. The number of phenolic OH excluding ortho intramolecular Hbond substituents is 2. The lowest BCUT2D eigenvalue weighted by Crippen LogP contribution is -2.62. The molecule has 21 nitrogen and oxygen atoms in total. The number of rotatable bonds is 23. The summed E-state index contributed by atoms with van der Waals surface area (Å²) in [5.74, 6) is -8.49. The average Bonchev–Trinajstić information content (AvgIpc) is 3.58. The number of carbonyl (C=O) groups excluding carboxylic acids is 9. The zero-order valence-corrected chi connectivity index (χ0v) is 50.8. The molecule has 1 fully saturated rings. The van der Waals surface area contributed by atoms with Crippen molar-refractivity contribution in [1.82, 2.24) is 37.2 Å². The Hall–Kier alpha value is -7.80. The molecular formula is C63H76ClN9O12S2. The molecular weight excluding hydrogens is 1170 g/mol. The molecule has 1 aliphatic heterocycles. The first-order valence-corrected chi connectivity index (χ1v) is 31.4. The van der Waals surface area contributed by atoms with Crippen molar-refractivity contribution in [2.24, 2.45) is 17.4 Å². The number of aliphatic hydroxyl groups is 1. The molecule has 9 atom stereocenters. The number of hydrogen-bond donors (Lipinski definition) is 12. The zero-order chi connectivity index (χ0) is 63.0. The maximum Gasteiger partial charge on any atom is 0.245 e. The molecule has 1 saturated heterocycles. The minimum absolute atomic E-state index is 0.0165. The number of Topliss-reactive ketones (excluding diaryl/α,β-unsaturated/α-hetero) is 2. The van der Waals surface area contributed by atoms with Crippen LogP contribution in [0.3, 0.4) is 0 Å². The molecule has 0 bridgehead atoms. The molecule has 464 valence electrons. The van der Waals surface area contributed by atoms with Gasteiger partial charge < -0.3 is 64.0 Å². The van der Waals surface area contributed by atoms with E-state index >= 15 is 4.79 Å². The Balaban J connectivity index is 1.38. The fourth-order valence-electron chi connectivity index (χ4n) is 9.55. The van der Waals surface area contributed by atoms with E-state index in [1.807, 2.05) is 30.3 Å². The van der Waals surface area contributed by atoms with Crippen LogP contribution in [0.15, 0.2) is 127 Å². The molecule has 5 aromatic rings. The van der Waals surface area contributed by atoms with Crippen molar-refractivity contribution >= 4 is 86.1 Å². The molecule has 1 aliphatic rings. The molecule has 1 heterocycles. The number of primary amides is 1. The van der Waals surface area contributed by atoms with Crippen molar-refractivity contribution in [1.29, 1.82) is 0 Å². The van der Waals surface area contributed by atoms with Crippen LogP contribution in [0.1, 0.15) is 66.0 Å². The summed E-state index contributed by atoms with van der Waals surface area (Å²) in [5.41, 5.74) is 16.0. The highest BCUT2D eigenvalue weighted by Gasteiger charge is 2.37. The molecule has 7 amide bonds. The van der Waals surface area contributed by atoms with Crippen molar-refractivity contribution in [3.05, 3.63) is 166 Å². The first-order chi connectivity index (χ1) is 41.6. The second kappa shape index (κ2) is 34.5. The van der Waals surface area contributed by atoms with Crippen LogP contribution in [-0.2, 0) is 81.7 Å². The SMILES string of the molecule is CNCCCC[C@@H]1NC(=O)[C@@H](Cc2ccc(CC(=O)Cc3ccccc3)cc2)NC(=O)[C@H](Cc2ccc(O)cc2)CC(=O)[C@H](NC(=O)[C@@H](N)Cc2ccc(Cl)cc2)CSSC[C@@H](C(=O)NC(Cc2ccc(O)cc2)C(N)=O)NC(=O)[C@H]([C@@H](C)O)NC1=O. The zero-order valence-electron chi connectivity index (χ0n) is 48.4. The van der Waals surface area contributed by atoms with E-state index < -0.39 is 108 Å². The van der Waals surface area contributed by atoms with Crippen LogP contribution in [0.2, 0.25) is 5.02 Å². The van der Waals surface area contributed by atoms with Gasteiger partial charge in [0.25, 0.3) is 0 Å². The van der Waals surface area contributed by atoms with E-state index in [0.29, 0.717) is 52.2 Å². The normalized spacial score (nSPS) is 20.3. The molecule has 0 aliphatic carbocycles. The highest BCUT2D eigenvalue weighted by Crippen LogP contribution is 2.26. The van der Waals surface area contributed by atoms with E-state index in [9.17, 15) is 53.7 Å². The van der Waals surface area contributed by atoms with Crippen molar-refractivity contribution in [3.63, 3.8) is 0 Å². The molecule has 5 aromatic carbocycles. The van der Waals surface area contributed by atoms with Gasteiger partial charge in [-0.25, -0.2) is 0 Å². The molecule has 0 radical (unpaired) electrons. The number of aliphatic hydroxyl groups excluding tert-OH is 1. The first kappa shape index (κ1) is 68.3. The summed E-state index contributed by atoms with van der Waals surface area (Å²) < 4.78 is 0. The number of halogens is 1. The molecule has 0 spiro atoms. The van der Waals surface area contributed by atoms with Gasteiger partial charge in [0.05, 0.1) is 18.2 Å². The Morgan fingerprint density at radius 1 is 0.644 bits per heavy atom. The average molecular weight is 1250 g/mol. The van der Waals surface area contributed by atoms with Crippen LogP contribution in [-0.4, -0.2) is 142 Å². The number of unbranched alkanes of at least 4 members (excludes halogenated alkanes) is 1. The smallest absolute Gasteiger partial charge is 0.245 e. The molecule has 0 saturated carbocycles. The number of nitrogens with two attached hydrogens (primary N) is 2. The number of amides is 7. The van der Waals surface area contributed by atoms with E-state index in [1.54, 1.807) is 67.7 Å². The Morgan fingerprint density at radius 2 is 1.18 bits per heavy atom. The van der Waals surface area contributed by atoms with Gasteiger partial charge in [-0.1, -0.05) is 124 Å². The van der Waals surface area contributed by atoms with E-state index in [2.05, 4.69) is 37.2 Å². The fourth-order valence-corrected chi connectivity index (χ4v) is 12.0. The minimum atomic E-state index is -1.74. The molecule has 0 aromatic heterocycles. The summed E-state index contributed by atoms with van der Waals surface area (Å²) in [6.07, 6.45) is -1.14. The Morgan fingerprint density at radius 3 is 1.80 bits per heavy atom. The molecule has 24 heteroatoms. The lowest BCUT2D eigenvalue weighted by Gasteiger charge is -2.29. The summed E-state index contributed by atoms with van der Waals surface area (Å²) in [5, 5.41) is 50.8. The Labute approximate surface area is 518 Å². The largest absolute Gasteiger partial charge is 0.508 e. The summed E-state index contributed by atoms with van der Waals surface area (Å²) >= 11 is 6.11. The summed E-state index contributed by atoms with van der Waals surface area (Å²) in [6.45, 7) is 1.78. The predicted molar refractivity (Wildman–Crippen MR) is 334 cm³/mol. The lowest BCUT2D eigenvalue weighted by atomic mass is 9.90. The molecule has 87 heavy (non-hydrogen) atoms. The van der Waals surface area contributed by atoms with Gasteiger partial charge in [0, 0.05) is 54.6 Å². The van der Waals surface area contributed by atoms with Gasteiger partial charge in [-0.15, -0.1) is 0 Å². The number of ketones is 2. The van der Waals surface area contributed by atoms with Crippen molar-refractivity contribution in [2.45, 2.75) is 120 Å². The number of carbonyl (C=O) groups is 9. The summed E-state index contributed by atoms with van der Waals surface area (Å²) in [4.78, 5) is 128. The van der Waals surface area contributed by atoms with Gasteiger partial charge in [-0.2, -0.15) is 0 Å². The second-order valence-electron chi connectivity index (χ2n) is 21.5. The van der Waals surface area contributed by atoms with Crippen molar-refractivity contribution in [2.75, 3.05) is 25.1 Å². The van der Waals surface area contributed by atoms with Crippen LogP contribution in [0, 0.1) is 5.92 Å². The van der Waals surface area contributed by atoms with Crippen molar-refractivity contribution in [3.8, 4) is 11.5 Å². The van der Waals surface area contributed by atoms with Gasteiger partial charge in [-0.05, 0) is 122 Å². The van der Waals surface area contributed by atoms with Crippen LogP contribution >= 0.6 is 33.2 Å². The van der Waals surface area contributed by atoms with E-state index in [-0.39, 0.29) is 73.7 Å². The number of hydrogen-bond acceptors (Lipinski definition) is 16. The quantitative estimate of drug-likeness (QED) is 0.0330. The van der Waals surface area contributed by atoms with E-state index in [0.717, 1.165) is 27.2 Å². The maximum absolute atomic E-state index is 15.0. The Bertz CT molecular complexity index is 3130. The number of aromatic hydroxyl groups is 2. The monoisotopic (exact) mass is 1250 g/mol. The van der Waals surface area contributed by atoms with Gasteiger partial charge >= 0.3 is 0 Å². The molecule has 6 rings (SSSR count). The highest BCUT2D eigenvalue weighted by molar-refractivity contribution is 8.76. The lowest BCUT2D eigenvalue weighted by molar-refractivity contribution is -0.137. The maximum atomic E-state index is 15.0. The third kappa shape index (κ3) is 22.8. The Kier molecular flexibility index (Phi) is 27.1. The van der Waals surface area contributed by atoms with Gasteiger partial charge in [0.1, 0.15) is 47.5 Å². The van der Waals surface area contributed by atoms with Gasteiger partial charge in [0.15, 0.2) is 5.78 Å². The van der Waals surface area contributed by atoms with Crippen LogP contribution in [0.4, 0.5) is 0 Å². The predicted octanol–water partition coefficient (Wildman–Crippen LogP) is 2.84. The minimum Gasteiger partial charge on any atom is -0.508 e.